The fourth-order valence-corrected chi connectivity index (χ4v) is 18.3. The largest absolute Gasteiger partial charge is 1.20 e. The third-order valence-corrected chi connectivity index (χ3v) is 22.2. The number of hydrogen-bond donors (Lipinski definition) is 0. The van der Waals surface area contributed by atoms with Crippen LogP contribution >= 0.6 is 15.2 Å². The predicted octanol–water partition coefficient (Wildman–Crippen LogP) is 10.8. The first-order valence-electron chi connectivity index (χ1n) is 24.9. The number of benzene rings is 9. The Bertz CT molecular complexity index is 3670. The molecule has 0 atom stereocenters. The summed E-state index contributed by atoms with van der Waals surface area (Å²) in [6, 6.07) is 90.2. The molecule has 3 aromatic heterocycles. The van der Waals surface area contributed by atoms with Gasteiger partial charge < -0.3 is 20.1 Å². The molecule has 0 bridgehead atoms. The zero-order valence-electron chi connectivity index (χ0n) is 42.0. The molecular weight excluding hydrogens is 1030 g/mol. The predicted molar refractivity (Wildman–Crippen MR) is 320 cm³/mol. The lowest BCUT2D eigenvalue weighted by Crippen LogP contribution is -2.74. The zero-order valence-corrected chi connectivity index (χ0v) is 45.8. The van der Waals surface area contributed by atoms with Gasteiger partial charge in [0.2, 0.25) is 0 Å². The maximum Gasteiger partial charge on any atom is 1.20 e. The molecule has 12 rings (SSSR count). The van der Waals surface area contributed by atoms with Crippen LogP contribution in [0.2, 0.25) is 0 Å². The Morgan fingerprint density at radius 3 is 0.987 bits per heavy atom. The minimum absolute atomic E-state index is 0.608. The van der Waals surface area contributed by atoms with Crippen LogP contribution in [0.5, 0.6) is 17.2 Å². The van der Waals surface area contributed by atoms with Gasteiger partial charge in [-0.2, -0.15) is 0 Å². The lowest BCUT2D eigenvalue weighted by atomic mass is 10.2. The Labute approximate surface area is 454 Å². The van der Waals surface area contributed by atoms with E-state index in [9.17, 15) is 0 Å². The van der Waals surface area contributed by atoms with Crippen molar-refractivity contribution in [1.29, 1.82) is 1.12 Å². The van der Waals surface area contributed by atoms with E-state index in [0.29, 0.717) is 17.2 Å². The minimum Gasteiger partial charge on any atom is -0.576 e. The molecule has 0 N–H and O–H groups in total. The molecule has 12 aromatic rings. The highest BCUT2D eigenvalue weighted by Gasteiger charge is 2.46. The summed E-state index contributed by atoms with van der Waals surface area (Å²) in [7, 11) is -4.78. The lowest BCUT2D eigenvalue weighted by Gasteiger charge is -2.34. The van der Waals surface area contributed by atoms with Crippen molar-refractivity contribution in [3.05, 3.63) is 286 Å². The molecule has 0 unspecified atom stereocenters. The summed E-state index contributed by atoms with van der Waals surface area (Å²) in [6.07, 6.45) is 5.24. The number of pyridine rings is 3. The van der Waals surface area contributed by atoms with Crippen molar-refractivity contribution in [1.82, 2.24) is 15.0 Å². The normalized spacial score (nSPS) is 11.4. The highest BCUT2D eigenvalue weighted by molar-refractivity contribution is 7.93. The van der Waals surface area contributed by atoms with Crippen molar-refractivity contribution in [2.24, 2.45) is 0 Å². The van der Waals surface area contributed by atoms with Gasteiger partial charge in [0.05, 0.1) is 0 Å². The van der Waals surface area contributed by atoms with Crippen LogP contribution in [-0.4, -0.2) is 39.3 Å². The molecule has 0 aliphatic rings. The van der Waals surface area contributed by atoms with Gasteiger partial charge in [0, 0.05) is 50.7 Å². The molecule has 8 nitrogen and oxygen atoms in total. The first-order valence-corrected chi connectivity index (χ1v) is 31.5. The van der Waals surface area contributed by atoms with Crippen LogP contribution in [0.1, 0.15) is 0 Å². The van der Waals surface area contributed by atoms with E-state index in [1.807, 2.05) is 152 Å². The fraction of sp³-hybridized carbons (Fsp3) is 0. The molecule has 0 saturated heterocycles. The van der Waals surface area contributed by atoms with Crippen LogP contribution in [0.3, 0.4) is 0 Å². The highest BCUT2D eigenvalue weighted by atomic mass is 32.4. The molecule has 76 heavy (non-hydrogen) atoms. The van der Waals surface area contributed by atoms with Gasteiger partial charge >= 0.3 is 15.1 Å². The molecule has 370 valence electrons. The monoisotopic (exact) mass is 1080 g/mol. The summed E-state index contributed by atoms with van der Waals surface area (Å²) >= 11 is -2.86. The van der Waals surface area contributed by atoms with Crippen molar-refractivity contribution in [3.8, 4) is 17.2 Å². The molecule has 0 saturated carbocycles. The Morgan fingerprint density at radius 2 is 0.658 bits per heavy atom. The van der Waals surface area contributed by atoms with Crippen LogP contribution < -0.4 is 48.0 Å². The number of thiol groups is 1. The zero-order chi connectivity index (χ0) is 52.9. The van der Waals surface area contributed by atoms with Crippen LogP contribution in [0.25, 0.3) is 32.7 Å². The summed E-state index contributed by atoms with van der Waals surface area (Å²) in [5.41, 5.74) is 2.25. The van der Waals surface area contributed by atoms with Crippen LogP contribution in [0.4, 0.5) is 0 Å². The average molecular weight is 1080 g/mol. The van der Waals surface area contributed by atoms with Crippen molar-refractivity contribution in [3.63, 3.8) is 0 Å². The van der Waals surface area contributed by atoms with Gasteiger partial charge in [0.25, 0.3) is 0 Å². The number of nitrogens with zero attached hydrogens (tertiary/aromatic N) is 3. The van der Waals surface area contributed by atoms with Gasteiger partial charge in [0.15, 0.2) is 15.2 Å². The van der Waals surface area contributed by atoms with E-state index in [2.05, 4.69) is 138 Å². The second kappa shape index (κ2) is 24.6. The molecule has 0 aliphatic carbocycles. The second-order valence-corrected chi connectivity index (χ2v) is 25.9. The van der Waals surface area contributed by atoms with Gasteiger partial charge in [-0.05, 0) is 57.1 Å². The number of para-hydroxylation sites is 3. The third-order valence-electron chi connectivity index (χ3n) is 13.0. The molecule has 0 spiro atoms. The number of fused-ring (bicyclic) bond motifs is 3. The summed E-state index contributed by atoms with van der Waals surface area (Å²) in [4.78, 5) is 13.5. The van der Waals surface area contributed by atoms with E-state index >= 15 is 4.57 Å². The quantitative estimate of drug-likeness (QED) is 0.0370. The van der Waals surface area contributed by atoms with E-state index < -0.39 is 41.1 Å². The Balaban J connectivity index is 0.000000165. The minimum atomic E-state index is -3.05. The van der Waals surface area contributed by atoms with Crippen LogP contribution in [-0.2, 0) is 19.5 Å². The maximum atomic E-state index is 15.0. The van der Waals surface area contributed by atoms with Crippen molar-refractivity contribution < 1.29 is 20.1 Å². The Morgan fingerprint density at radius 1 is 0.382 bits per heavy atom. The van der Waals surface area contributed by atoms with E-state index in [1.165, 1.54) is 20.7 Å². The molecule has 13 heteroatoms. The van der Waals surface area contributed by atoms with Gasteiger partial charge in [-0.3, -0.25) is 25.7 Å². The maximum absolute atomic E-state index is 15.0. The first kappa shape index (κ1) is 50.2. The highest BCUT2D eigenvalue weighted by Crippen LogP contribution is 2.42. The van der Waals surface area contributed by atoms with E-state index in [4.69, 9.17) is 16.7 Å². The number of aromatic nitrogens is 3. The summed E-state index contributed by atoms with van der Waals surface area (Å²) in [6.45, 7) is 0. The third kappa shape index (κ3) is 11.0. The lowest BCUT2D eigenvalue weighted by molar-refractivity contribution is 0.311. The standard InChI is InChI=1S/C36H29OPSi.3C9H7NO.Al.H2OPS/c37-38(30-16-6-1-7-17-30,31-18-8-2-9-19-31)32-26-28-36(29-27-32)39(33-20-10-3-11-21-33,34-22-12-4-13-23-34)35-24-14-5-15-25-35;3*11-8-5-1-3-7-4-2-6-10-9(7)8;;1-3-2/h1-29H;3*1-6,11H;;2-3H/q;;;;+3;-1/p-3/i;;;;;3T. The fourth-order valence-electron chi connectivity index (χ4n) is 9.61. The van der Waals surface area contributed by atoms with Gasteiger partial charge in [-0.25, -0.2) is 8.02 Å². The molecule has 0 aliphatic heterocycles. The second-order valence-electron chi connectivity index (χ2n) is 17.4. The summed E-state index contributed by atoms with van der Waals surface area (Å²) < 4.78 is 49.3. The van der Waals surface area contributed by atoms with Crippen LogP contribution in [0.15, 0.2) is 286 Å². The first-order chi connectivity index (χ1) is 37.8. The molecule has 9 aromatic carbocycles. The number of rotatable bonds is 13. The Kier molecular flexibility index (Phi) is 16.2. The summed E-state index contributed by atoms with van der Waals surface area (Å²) in [5.74, 6) is 1.82. The topological polar surface area (TPSA) is 101 Å². The summed E-state index contributed by atoms with van der Waals surface area (Å²) in [5, 5.41) is 10.7. The number of hydrogen-bond acceptors (Lipinski definition) is 9. The van der Waals surface area contributed by atoms with E-state index in [-0.39, 0.29) is 0 Å². The van der Waals surface area contributed by atoms with Gasteiger partial charge in [-0.1, -0.05) is 232 Å². The Hall–Kier alpha value is -7.96. The van der Waals surface area contributed by atoms with Gasteiger partial charge in [-0.15, -0.1) is 0 Å². The van der Waals surface area contributed by atoms with Gasteiger partial charge in [0.1, 0.15) is 33.8 Å². The van der Waals surface area contributed by atoms with Crippen molar-refractivity contribution in [2.45, 2.75) is 0 Å². The average Bonchev–Trinajstić information content (AvgIpc) is 3.49. The molecule has 0 amide bonds. The molecule has 0 radical (unpaired) electrons. The SMILES string of the molecule is O=P(c1ccccc1)(c1ccccc1)c1ccc([Si](c2ccccc2)(c2ccccc2)c2ccccc2)cc1.[3H][S-](=O)=P.c1cnc2c([O][Al]([O]c3cccc4cccnc34)[O]c3cccc4cccnc34)cccc2c1. The van der Waals surface area contributed by atoms with Crippen molar-refractivity contribution >= 4 is 118 Å². The van der Waals surface area contributed by atoms with E-state index in [0.717, 1.165) is 48.6 Å². The molecule has 3 heterocycles. The molecule has 0 fully saturated rings. The van der Waals surface area contributed by atoms with Crippen LogP contribution in [0, 0.1) is 0 Å². The van der Waals surface area contributed by atoms with E-state index in [1.54, 1.807) is 18.6 Å². The smallest absolute Gasteiger partial charge is 0.576 e. The van der Waals surface area contributed by atoms with Crippen molar-refractivity contribution in [2.75, 3.05) is 0 Å². The molecular formula is C63H49AlN3O5P2SSi-.